The summed E-state index contributed by atoms with van der Waals surface area (Å²) in [5.74, 6) is -0.111. The van der Waals surface area contributed by atoms with Gasteiger partial charge in [-0.05, 0) is 29.6 Å². The molecule has 2 N–H and O–H groups in total. The number of hydrogen-bond acceptors (Lipinski definition) is 3. The Hall–Kier alpha value is -2.14. The van der Waals surface area contributed by atoms with E-state index >= 15 is 0 Å². The summed E-state index contributed by atoms with van der Waals surface area (Å²) in [5, 5.41) is 6.65. The smallest absolute Gasteiger partial charge is 0.255 e. The molecule has 5 heteroatoms. The van der Waals surface area contributed by atoms with Crippen LogP contribution in [0.5, 0.6) is 0 Å². The molecule has 0 fully saturated rings. The summed E-state index contributed by atoms with van der Waals surface area (Å²) in [6.07, 6.45) is 1.62. The molecule has 0 spiro atoms. The van der Waals surface area contributed by atoms with Crippen molar-refractivity contribution in [1.29, 1.82) is 0 Å². The van der Waals surface area contributed by atoms with E-state index in [1.807, 2.05) is 22.9 Å². The van der Waals surface area contributed by atoms with Gasteiger partial charge in [-0.3, -0.25) is 4.79 Å². The number of thiophene rings is 1. The highest BCUT2D eigenvalue weighted by molar-refractivity contribution is 7.08. The van der Waals surface area contributed by atoms with Gasteiger partial charge >= 0.3 is 0 Å². The molecular weight excluding hydrogens is 234 g/mol. The maximum Gasteiger partial charge on any atom is 0.255 e. The van der Waals surface area contributed by atoms with Crippen LogP contribution in [0, 0.1) is 0 Å². The highest BCUT2D eigenvalue weighted by atomic mass is 32.1. The van der Waals surface area contributed by atoms with E-state index in [1.54, 1.807) is 29.8 Å². The van der Waals surface area contributed by atoms with Crippen molar-refractivity contribution in [2.75, 3.05) is 5.32 Å². The van der Waals surface area contributed by atoms with Crippen LogP contribution in [0.1, 0.15) is 10.4 Å². The number of H-pyrrole nitrogens is 1. The predicted octanol–water partition coefficient (Wildman–Crippen LogP) is 2.88. The van der Waals surface area contributed by atoms with Crippen LogP contribution in [-0.4, -0.2) is 15.9 Å². The number of nitrogens with one attached hydrogen (secondary N) is 2. The molecule has 0 aliphatic heterocycles. The second-order valence-electron chi connectivity index (χ2n) is 3.60. The van der Waals surface area contributed by atoms with Gasteiger partial charge < -0.3 is 10.3 Å². The van der Waals surface area contributed by atoms with E-state index in [1.165, 1.54) is 0 Å². The quantitative estimate of drug-likeness (QED) is 0.727. The summed E-state index contributed by atoms with van der Waals surface area (Å²) in [5.41, 5.74) is 3.16. The number of hydrogen-bond donors (Lipinski definition) is 2. The number of aromatic amines is 1. The molecule has 3 rings (SSSR count). The van der Waals surface area contributed by atoms with Crippen molar-refractivity contribution in [3.8, 4) is 0 Å². The molecule has 84 valence electrons. The minimum Gasteiger partial charge on any atom is -0.345 e. The van der Waals surface area contributed by atoms with Crippen LogP contribution in [0.2, 0.25) is 0 Å². The monoisotopic (exact) mass is 243 g/mol. The van der Waals surface area contributed by atoms with Gasteiger partial charge in [-0.25, -0.2) is 4.98 Å². The van der Waals surface area contributed by atoms with Gasteiger partial charge in [0.25, 0.3) is 5.91 Å². The lowest BCUT2D eigenvalue weighted by Gasteiger charge is -2.02. The molecule has 1 amide bonds. The van der Waals surface area contributed by atoms with Crippen LogP contribution in [0.4, 0.5) is 5.69 Å². The Bertz CT molecular complexity index is 657. The molecule has 0 atom stereocenters. The lowest BCUT2D eigenvalue weighted by molar-refractivity contribution is 0.102. The van der Waals surface area contributed by atoms with Crippen molar-refractivity contribution < 1.29 is 4.79 Å². The van der Waals surface area contributed by atoms with Crippen molar-refractivity contribution >= 4 is 34.0 Å². The van der Waals surface area contributed by atoms with Gasteiger partial charge in [0.1, 0.15) is 0 Å². The molecule has 2 aromatic heterocycles. The fourth-order valence-corrected chi connectivity index (χ4v) is 2.20. The summed E-state index contributed by atoms with van der Waals surface area (Å²) in [7, 11) is 0. The fraction of sp³-hybridized carbons (Fsp3) is 0. The number of rotatable bonds is 2. The average Bonchev–Trinajstić information content (AvgIpc) is 2.97. The van der Waals surface area contributed by atoms with Crippen LogP contribution in [0.25, 0.3) is 11.0 Å². The third kappa shape index (κ3) is 1.92. The number of anilines is 1. The highest BCUT2D eigenvalue weighted by Gasteiger charge is 2.07. The second-order valence-corrected chi connectivity index (χ2v) is 4.38. The minimum atomic E-state index is -0.111. The fourth-order valence-electron chi connectivity index (χ4n) is 1.62. The second kappa shape index (κ2) is 4.03. The van der Waals surface area contributed by atoms with E-state index < -0.39 is 0 Å². The topological polar surface area (TPSA) is 57.8 Å². The molecule has 17 heavy (non-hydrogen) atoms. The molecule has 4 nitrogen and oxygen atoms in total. The van der Waals surface area contributed by atoms with Gasteiger partial charge in [0.2, 0.25) is 0 Å². The number of aromatic nitrogens is 2. The summed E-state index contributed by atoms with van der Waals surface area (Å²) >= 11 is 1.55. The molecule has 2 heterocycles. The lowest BCUT2D eigenvalue weighted by Crippen LogP contribution is -2.10. The van der Waals surface area contributed by atoms with Crippen LogP contribution in [0.15, 0.2) is 41.4 Å². The van der Waals surface area contributed by atoms with Crippen molar-refractivity contribution in [2.24, 2.45) is 0 Å². The number of benzene rings is 1. The predicted molar refractivity (Wildman–Crippen MR) is 68.4 cm³/mol. The molecule has 3 aromatic rings. The van der Waals surface area contributed by atoms with Crippen LogP contribution in [0.3, 0.4) is 0 Å². The Morgan fingerprint density at radius 2 is 2.29 bits per heavy atom. The number of carbonyl (C=O) groups is 1. The number of carbonyl (C=O) groups excluding carboxylic acids is 1. The zero-order valence-electron chi connectivity index (χ0n) is 8.81. The van der Waals surface area contributed by atoms with Crippen molar-refractivity contribution in [1.82, 2.24) is 9.97 Å². The normalized spacial score (nSPS) is 10.6. The van der Waals surface area contributed by atoms with E-state index in [9.17, 15) is 4.79 Å². The largest absolute Gasteiger partial charge is 0.345 e. The van der Waals surface area contributed by atoms with Gasteiger partial charge in [-0.1, -0.05) is 0 Å². The summed E-state index contributed by atoms with van der Waals surface area (Å²) in [6.45, 7) is 0. The van der Waals surface area contributed by atoms with E-state index in [0.29, 0.717) is 5.56 Å². The number of fused-ring (bicyclic) bond motifs is 1. The Kier molecular flexibility index (Phi) is 2.38. The Morgan fingerprint density at radius 3 is 3.12 bits per heavy atom. The van der Waals surface area contributed by atoms with Crippen molar-refractivity contribution in [3.05, 3.63) is 46.9 Å². The van der Waals surface area contributed by atoms with E-state index in [-0.39, 0.29) is 5.91 Å². The first kappa shape index (κ1) is 10.0. The number of imidazole rings is 1. The first-order valence-corrected chi connectivity index (χ1v) is 6.04. The van der Waals surface area contributed by atoms with Crippen LogP contribution in [-0.2, 0) is 0 Å². The van der Waals surface area contributed by atoms with E-state index in [0.717, 1.165) is 16.7 Å². The highest BCUT2D eigenvalue weighted by Crippen LogP contribution is 2.15. The van der Waals surface area contributed by atoms with E-state index in [2.05, 4.69) is 15.3 Å². The number of nitrogens with zero attached hydrogens (tertiary/aromatic N) is 1. The van der Waals surface area contributed by atoms with Crippen LogP contribution >= 0.6 is 11.3 Å². The molecule has 0 saturated heterocycles. The van der Waals surface area contributed by atoms with Gasteiger partial charge in [0.05, 0.1) is 23.0 Å². The van der Waals surface area contributed by atoms with Gasteiger partial charge in [-0.15, -0.1) is 0 Å². The van der Waals surface area contributed by atoms with Crippen molar-refractivity contribution in [3.63, 3.8) is 0 Å². The molecule has 0 saturated carbocycles. The first-order valence-electron chi connectivity index (χ1n) is 5.09. The first-order chi connectivity index (χ1) is 8.33. The SMILES string of the molecule is O=C(Nc1ccsc1)c1ccc2nc[nH]c2c1. The molecule has 0 unspecified atom stereocenters. The third-order valence-corrected chi connectivity index (χ3v) is 3.14. The van der Waals surface area contributed by atoms with Gasteiger partial charge in [-0.2, -0.15) is 11.3 Å². The maximum atomic E-state index is 11.9. The standard InChI is InChI=1S/C12H9N3OS/c16-12(15-9-3-4-17-6-9)8-1-2-10-11(5-8)14-7-13-10/h1-7H,(H,13,14)(H,15,16). The van der Waals surface area contributed by atoms with Crippen LogP contribution < -0.4 is 5.32 Å². The molecule has 0 aliphatic carbocycles. The zero-order valence-corrected chi connectivity index (χ0v) is 9.62. The molecule has 0 aliphatic rings. The van der Waals surface area contributed by atoms with Gasteiger partial charge in [0.15, 0.2) is 0 Å². The summed E-state index contributed by atoms with van der Waals surface area (Å²) in [6, 6.07) is 7.26. The maximum absolute atomic E-state index is 11.9. The number of amides is 1. The third-order valence-electron chi connectivity index (χ3n) is 2.46. The summed E-state index contributed by atoms with van der Waals surface area (Å²) < 4.78 is 0. The average molecular weight is 243 g/mol. The molecular formula is C12H9N3OS. The Balaban J connectivity index is 1.90. The Labute approximate surface area is 101 Å². The minimum absolute atomic E-state index is 0.111. The molecule has 0 radical (unpaired) electrons. The van der Waals surface area contributed by atoms with Crippen molar-refractivity contribution in [2.45, 2.75) is 0 Å². The lowest BCUT2D eigenvalue weighted by atomic mass is 10.2. The van der Waals surface area contributed by atoms with Gasteiger partial charge in [0, 0.05) is 10.9 Å². The molecule has 0 bridgehead atoms. The molecule has 1 aromatic carbocycles. The zero-order chi connectivity index (χ0) is 11.7. The Morgan fingerprint density at radius 1 is 1.35 bits per heavy atom. The summed E-state index contributed by atoms with van der Waals surface area (Å²) in [4.78, 5) is 19.0. The van der Waals surface area contributed by atoms with E-state index in [4.69, 9.17) is 0 Å².